The minimum Gasteiger partial charge on any atom is -0.392 e. The van der Waals surface area contributed by atoms with Crippen molar-refractivity contribution < 1.29 is 14.6 Å². The number of aliphatic hydroxyl groups is 1. The summed E-state index contributed by atoms with van der Waals surface area (Å²) in [6.45, 7) is 7.22. The van der Waals surface area contributed by atoms with Gasteiger partial charge in [-0.2, -0.15) is 0 Å². The van der Waals surface area contributed by atoms with Crippen LogP contribution in [0.5, 0.6) is 0 Å². The summed E-state index contributed by atoms with van der Waals surface area (Å²) >= 11 is 0. The van der Waals surface area contributed by atoms with E-state index >= 15 is 0 Å². The van der Waals surface area contributed by atoms with Gasteiger partial charge in [-0.05, 0) is 60.2 Å². The predicted octanol–water partition coefficient (Wildman–Crippen LogP) is 3.36. The average molecular weight is 463 g/mol. The molecular formula is C27H34N4O3. The maximum Gasteiger partial charge on any atom is 0.252 e. The average Bonchev–Trinajstić information content (AvgIpc) is 3.38. The van der Waals surface area contributed by atoms with Crippen molar-refractivity contribution >= 4 is 11.7 Å². The fourth-order valence-corrected chi connectivity index (χ4v) is 3.81. The minimum absolute atomic E-state index is 0.00714. The Morgan fingerprint density at radius 2 is 1.88 bits per heavy atom. The van der Waals surface area contributed by atoms with E-state index < -0.39 is 5.91 Å². The van der Waals surface area contributed by atoms with Crippen molar-refractivity contribution in [2.75, 3.05) is 18.8 Å². The van der Waals surface area contributed by atoms with Gasteiger partial charge in [0.2, 0.25) is 0 Å². The monoisotopic (exact) mass is 462 g/mol. The molecular weight excluding hydrogens is 428 g/mol. The standard InChI is InChI=1S/C14H21NO.C13H13N3O2/c1-3-13-8-12(5-4-11(13)2)10-16-14-6-7-15-9-14;14-12-11(13(15)18)5-10(6-16-12)9-3-1-8(7-17)2-4-9/h4-5,8,14-15H,3,6-7,9-10H2,1-2H3;1-6,17H,7H2,(H2,14,16)(H2,15,18). The highest BCUT2D eigenvalue weighted by atomic mass is 16.5. The van der Waals surface area contributed by atoms with Crippen LogP contribution in [0.15, 0.2) is 54.7 Å². The zero-order valence-corrected chi connectivity index (χ0v) is 19.9. The van der Waals surface area contributed by atoms with E-state index in [1.165, 1.54) is 16.7 Å². The van der Waals surface area contributed by atoms with E-state index in [2.05, 4.69) is 42.3 Å². The number of hydrogen-bond acceptors (Lipinski definition) is 6. The molecule has 1 amide bonds. The smallest absolute Gasteiger partial charge is 0.252 e. The topological polar surface area (TPSA) is 123 Å². The molecule has 0 radical (unpaired) electrons. The summed E-state index contributed by atoms with van der Waals surface area (Å²) in [5.74, 6) is -0.480. The first kappa shape index (κ1) is 25.4. The number of aliphatic hydroxyl groups excluding tert-OH is 1. The molecule has 1 unspecified atom stereocenters. The van der Waals surface area contributed by atoms with Crippen LogP contribution in [0.2, 0.25) is 0 Å². The number of benzene rings is 2. The lowest BCUT2D eigenvalue weighted by Crippen LogP contribution is -2.16. The zero-order valence-electron chi connectivity index (χ0n) is 19.9. The lowest BCUT2D eigenvalue weighted by atomic mass is 10.0. The van der Waals surface area contributed by atoms with Crippen molar-refractivity contribution in [2.24, 2.45) is 5.73 Å². The normalized spacial score (nSPS) is 15.0. The van der Waals surface area contributed by atoms with Gasteiger partial charge in [0.25, 0.3) is 5.91 Å². The molecule has 34 heavy (non-hydrogen) atoms. The molecule has 1 saturated heterocycles. The van der Waals surface area contributed by atoms with Gasteiger partial charge in [-0.1, -0.05) is 49.4 Å². The Bertz CT molecular complexity index is 1090. The Morgan fingerprint density at radius 1 is 1.15 bits per heavy atom. The number of nitrogens with zero attached hydrogens (tertiary/aromatic N) is 1. The third-order valence-electron chi connectivity index (χ3n) is 5.95. The maximum atomic E-state index is 11.2. The van der Waals surface area contributed by atoms with Crippen LogP contribution in [-0.4, -0.2) is 35.2 Å². The maximum absolute atomic E-state index is 11.2. The van der Waals surface area contributed by atoms with Gasteiger partial charge in [-0.3, -0.25) is 4.79 Å². The number of ether oxygens (including phenoxy) is 1. The Balaban J connectivity index is 0.000000192. The third kappa shape index (κ3) is 6.87. The lowest BCUT2D eigenvalue weighted by Gasteiger charge is -2.12. The molecule has 7 heteroatoms. The molecule has 6 N–H and O–H groups in total. The number of carbonyl (C=O) groups is 1. The molecule has 1 atom stereocenters. The molecule has 1 fully saturated rings. The molecule has 0 spiro atoms. The second-order valence-electron chi connectivity index (χ2n) is 8.42. The second-order valence-corrected chi connectivity index (χ2v) is 8.42. The zero-order chi connectivity index (χ0) is 24.5. The fraction of sp³-hybridized carbons (Fsp3) is 0.333. The van der Waals surface area contributed by atoms with Crippen LogP contribution >= 0.6 is 0 Å². The molecule has 180 valence electrons. The van der Waals surface area contributed by atoms with Gasteiger partial charge >= 0.3 is 0 Å². The number of hydrogen-bond donors (Lipinski definition) is 4. The van der Waals surface area contributed by atoms with E-state index in [4.69, 9.17) is 21.3 Å². The van der Waals surface area contributed by atoms with Gasteiger partial charge in [-0.15, -0.1) is 0 Å². The Morgan fingerprint density at radius 3 is 2.50 bits per heavy atom. The number of anilines is 1. The summed E-state index contributed by atoms with van der Waals surface area (Å²) in [5, 5.41) is 12.3. The lowest BCUT2D eigenvalue weighted by molar-refractivity contribution is 0.0542. The number of amides is 1. The number of nitrogens with one attached hydrogen (secondary N) is 1. The molecule has 2 heterocycles. The van der Waals surface area contributed by atoms with Gasteiger partial charge in [0, 0.05) is 18.3 Å². The number of aromatic nitrogens is 1. The largest absolute Gasteiger partial charge is 0.392 e. The highest BCUT2D eigenvalue weighted by molar-refractivity contribution is 5.98. The number of rotatable bonds is 7. The molecule has 1 aliphatic rings. The second kappa shape index (κ2) is 12.3. The number of nitrogen functional groups attached to an aromatic ring is 1. The number of pyridine rings is 1. The first-order chi connectivity index (χ1) is 16.4. The van der Waals surface area contributed by atoms with Gasteiger partial charge in [0.05, 0.1) is 24.9 Å². The van der Waals surface area contributed by atoms with Crippen molar-refractivity contribution in [3.8, 4) is 11.1 Å². The van der Waals surface area contributed by atoms with Gasteiger partial charge in [-0.25, -0.2) is 4.98 Å². The summed E-state index contributed by atoms with van der Waals surface area (Å²) in [4.78, 5) is 15.1. The van der Waals surface area contributed by atoms with Gasteiger partial charge < -0.3 is 26.6 Å². The van der Waals surface area contributed by atoms with E-state index in [9.17, 15) is 4.79 Å². The van der Waals surface area contributed by atoms with Gasteiger partial charge in [0.15, 0.2) is 0 Å². The summed E-state index contributed by atoms with van der Waals surface area (Å²) in [7, 11) is 0. The fourth-order valence-electron chi connectivity index (χ4n) is 3.81. The molecule has 0 aliphatic carbocycles. The Hall–Kier alpha value is -3.26. The van der Waals surface area contributed by atoms with E-state index in [1.54, 1.807) is 24.4 Å². The highest BCUT2D eigenvalue weighted by Crippen LogP contribution is 2.22. The van der Waals surface area contributed by atoms with Crippen LogP contribution in [-0.2, 0) is 24.4 Å². The van der Waals surface area contributed by atoms with Crippen LogP contribution in [0.3, 0.4) is 0 Å². The number of nitrogens with two attached hydrogens (primary N) is 2. The summed E-state index contributed by atoms with van der Waals surface area (Å²) in [6.07, 6.45) is 4.23. The van der Waals surface area contributed by atoms with Crippen LogP contribution in [0, 0.1) is 6.92 Å². The third-order valence-corrected chi connectivity index (χ3v) is 5.95. The molecule has 0 saturated carbocycles. The number of aryl methyl sites for hydroxylation is 2. The predicted molar refractivity (Wildman–Crippen MR) is 135 cm³/mol. The molecule has 2 aromatic carbocycles. The Kier molecular flexibility index (Phi) is 9.16. The van der Waals surface area contributed by atoms with Crippen molar-refractivity contribution in [1.82, 2.24) is 10.3 Å². The first-order valence-corrected chi connectivity index (χ1v) is 11.6. The quantitative estimate of drug-likeness (QED) is 0.427. The highest BCUT2D eigenvalue weighted by Gasteiger charge is 2.14. The van der Waals surface area contributed by atoms with Crippen LogP contribution in [0.25, 0.3) is 11.1 Å². The molecule has 7 nitrogen and oxygen atoms in total. The number of carbonyl (C=O) groups excluding carboxylic acids is 1. The van der Waals surface area contributed by atoms with Crippen molar-refractivity contribution in [3.63, 3.8) is 0 Å². The van der Waals surface area contributed by atoms with Crippen LogP contribution in [0.4, 0.5) is 5.82 Å². The van der Waals surface area contributed by atoms with E-state index in [0.29, 0.717) is 6.10 Å². The van der Waals surface area contributed by atoms with E-state index in [1.807, 2.05) is 12.1 Å². The molecule has 0 bridgehead atoms. The van der Waals surface area contributed by atoms with Crippen molar-refractivity contribution in [1.29, 1.82) is 0 Å². The first-order valence-electron chi connectivity index (χ1n) is 11.6. The van der Waals surface area contributed by atoms with E-state index in [-0.39, 0.29) is 18.0 Å². The number of primary amides is 1. The van der Waals surface area contributed by atoms with Crippen LogP contribution < -0.4 is 16.8 Å². The molecule has 1 aliphatic heterocycles. The van der Waals surface area contributed by atoms with Crippen molar-refractivity contribution in [2.45, 2.75) is 46.0 Å². The molecule has 3 aromatic rings. The van der Waals surface area contributed by atoms with Gasteiger partial charge in [0.1, 0.15) is 5.82 Å². The summed E-state index contributed by atoms with van der Waals surface area (Å²) < 4.78 is 5.87. The summed E-state index contributed by atoms with van der Waals surface area (Å²) in [6, 6.07) is 15.5. The van der Waals surface area contributed by atoms with Crippen molar-refractivity contribution in [3.05, 3.63) is 82.5 Å². The summed E-state index contributed by atoms with van der Waals surface area (Å²) in [5.41, 5.74) is 17.6. The minimum atomic E-state index is -0.603. The SMILES string of the molecule is CCc1cc(COC2CCNC2)ccc1C.NC(=O)c1cc(-c2ccc(CO)cc2)cnc1N. The molecule has 4 rings (SSSR count). The van der Waals surface area contributed by atoms with Crippen LogP contribution in [0.1, 0.15) is 46.0 Å². The molecule has 1 aromatic heterocycles. The Labute approximate surface area is 201 Å². The van der Waals surface area contributed by atoms with E-state index in [0.717, 1.165) is 49.2 Å².